The molecule has 0 unspecified atom stereocenters. The summed E-state index contributed by atoms with van der Waals surface area (Å²) in [6.45, 7) is 0.123. The number of thioether (sulfide) groups is 1. The van der Waals surface area contributed by atoms with E-state index in [-0.39, 0.29) is 36.0 Å². The Hall–Kier alpha value is -1.25. The Balaban J connectivity index is 1.85. The summed E-state index contributed by atoms with van der Waals surface area (Å²) in [4.78, 5) is 12.0. The molecule has 1 saturated carbocycles. The number of anilines is 2. The molecule has 0 aliphatic heterocycles. The number of alkyl halides is 3. The molecule has 2 rings (SSSR count). The van der Waals surface area contributed by atoms with Gasteiger partial charge in [-0.1, -0.05) is 0 Å². The SMILES string of the molecule is Nc1nc(NCCSC(F)(F)F)nc(C2CC2)n1. The minimum absolute atomic E-state index is 0.0851. The van der Waals surface area contributed by atoms with Crippen LogP contribution in [0.5, 0.6) is 0 Å². The first-order valence-electron chi connectivity index (χ1n) is 5.40. The van der Waals surface area contributed by atoms with Crippen LogP contribution in [0.25, 0.3) is 0 Å². The minimum atomic E-state index is -4.21. The van der Waals surface area contributed by atoms with E-state index in [1.807, 2.05) is 0 Å². The second-order valence-corrected chi connectivity index (χ2v) is 5.03. The van der Waals surface area contributed by atoms with E-state index in [9.17, 15) is 13.2 Å². The number of nitrogens with zero attached hydrogens (tertiary/aromatic N) is 3. The van der Waals surface area contributed by atoms with Crippen molar-refractivity contribution in [3.8, 4) is 0 Å². The molecule has 1 heterocycles. The monoisotopic (exact) mass is 279 g/mol. The van der Waals surface area contributed by atoms with Gasteiger partial charge in [0.2, 0.25) is 11.9 Å². The van der Waals surface area contributed by atoms with E-state index in [0.717, 1.165) is 12.8 Å². The van der Waals surface area contributed by atoms with Gasteiger partial charge in [0.15, 0.2) is 0 Å². The number of halogens is 3. The molecule has 3 N–H and O–H groups in total. The van der Waals surface area contributed by atoms with Crippen LogP contribution in [0.15, 0.2) is 0 Å². The Bertz CT molecular complexity index is 421. The molecule has 9 heteroatoms. The molecular formula is C9H12F3N5S. The number of rotatable bonds is 5. The van der Waals surface area contributed by atoms with Crippen LogP contribution in [-0.4, -0.2) is 32.8 Å². The normalized spacial score (nSPS) is 15.7. The fourth-order valence-electron chi connectivity index (χ4n) is 1.34. The third-order valence-electron chi connectivity index (χ3n) is 2.26. The summed E-state index contributed by atoms with van der Waals surface area (Å²) in [5, 5.41) is 2.72. The summed E-state index contributed by atoms with van der Waals surface area (Å²) in [5.41, 5.74) is 1.30. The van der Waals surface area contributed by atoms with E-state index in [2.05, 4.69) is 20.3 Å². The molecule has 0 aromatic carbocycles. The Kier molecular flexibility index (Phi) is 3.79. The maximum absolute atomic E-state index is 11.9. The first kappa shape index (κ1) is 13.2. The molecule has 0 amide bonds. The maximum atomic E-state index is 11.9. The van der Waals surface area contributed by atoms with Crippen LogP contribution in [0.1, 0.15) is 24.6 Å². The van der Waals surface area contributed by atoms with Gasteiger partial charge in [-0.05, 0) is 24.6 Å². The van der Waals surface area contributed by atoms with Gasteiger partial charge in [0, 0.05) is 18.2 Å². The molecule has 1 aromatic heterocycles. The lowest BCUT2D eigenvalue weighted by atomic mass is 10.4. The number of hydrogen-bond acceptors (Lipinski definition) is 6. The Morgan fingerprint density at radius 1 is 1.28 bits per heavy atom. The van der Waals surface area contributed by atoms with Crippen molar-refractivity contribution in [2.45, 2.75) is 24.3 Å². The molecule has 0 saturated heterocycles. The number of nitrogens with two attached hydrogens (primary N) is 1. The Morgan fingerprint density at radius 2 is 2.00 bits per heavy atom. The van der Waals surface area contributed by atoms with Crippen molar-refractivity contribution in [2.75, 3.05) is 23.3 Å². The van der Waals surface area contributed by atoms with Crippen molar-refractivity contribution in [3.05, 3.63) is 5.82 Å². The van der Waals surface area contributed by atoms with Crippen molar-refractivity contribution < 1.29 is 13.2 Å². The van der Waals surface area contributed by atoms with Crippen LogP contribution >= 0.6 is 11.8 Å². The van der Waals surface area contributed by atoms with Gasteiger partial charge in [-0.15, -0.1) is 0 Å². The molecule has 18 heavy (non-hydrogen) atoms. The predicted molar refractivity (Wildman–Crippen MR) is 63.2 cm³/mol. The summed E-state index contributed by atoms with van der Waals surface area (Å²) in [7, 11) is 0. The fraction of sp³-hybridized carbons (Fsp3) is 0.667. The molecule has 5 nitrogen and oxygen atoms in total. The highest BCUT2D eigenvalue weighted by molar-refractivity contribution is 8.00. The van der Waals surface area contributed by atoms with Gasteiger partial charge in [-0.2, -0.15) is 28.1 Å². The third-order valence-corrected chi connectivity index (χ3v) is 3.00. The number of aromatic nitrogens is 3. The molecule has 0 bridgehead atoms. The van der Waals surface area contributed by atoms with Crippen LogP contribution in [-0.2, 0) is 0 Å². The second-order valence-electron chi connectivity index (χ2n) is 3.87. The van der Waals surface area contributed by atoms with Gasteiger partial charge in [0.25, 0.3) is 0 Å². The fourth-order valence-corrected chi connectivity index (χ4v) is 1.78. The van der Waals surface area contributed by atoms with Gasteiger partial charge >= 0.3 is 5.51 Å². The van der Waals surface area contributed by atoms with Gasteiger partial charge < -0.3 is 11.1 Å². The van der Waals surface area contributed by atoms with Crippen molar-refractivity contribution in [1.29, 1.82) is 0 Å². The summed E-state index contributed by atoms with van der Waals surface area (Å²) < 4.78 is 35.7. The first-order valence-corrected chi connectivity index (χ1v) is 6.38. The predicted octanol–water partition coefficient (Wildman–Crippen LogP) is 2.00. The summed E-state index contributed by atoms with van der Waals surface area (Å²) >= 11 is -0.0851. The topological polar surface area (TPSA) is 76.7 Å². The first-order chi connectivity index (χ1) is 8.44. The molecular weight excluding hydrogens is 267 g/mol. The van der Waals surface area contributed by atoms with Gasteiger partial charge in [0.05, 0.1) is 0 Å². The highest BCUT2D eigenvalue weighted by Crippen LogP contribution is 2.38. The van der Waals surface area contributed by atoms with Gasteiger partial charge in [-0.3, -0.25) is 0 Å². The molecule has 100 valence electrons. The van der Waals surface area contributed by atoms with Crippen LogP contribution < -0.4 is 11.1 Å². The lowest BCUT2D eigenvalue weighted by molar-refractivity contribution is -0.0327. The van der Waals surface area contributed by atoms with Crippen LogP contribution in [0, 0.1) is 0 Å². The number of nitrogens with one attached hydrogen (secondary N) is 1. The lowest BCUT2D eigenvalue weighted by Gasteiger charge is -2.08. The van der Waals surface area contributed by atoms with E-state index in [1.54, 1.807) is 0 Å². The highest BCUT2D eigenvalue weighted by Gasteiger charge is 2.28. The Labute approximate surface area is 106 Å². The minimum Gasteiger partial charge on any atom is -0.368 e. The third kappa shape index (κ3) is 4.21. The second kappa shape index (κ2) is 5.17. The van der Waals surface area contributed by atoms with E-state index in [4.69, 9.17) is 5.73 Å². The van der Waals surface area contributed by atoms with Crippen molar-refractivity contribution >= 4 is 23.7 Å². The molecule has 1 fully saturated rings. The summed E-state index contributed by atoms with van der Waals surface area (Å²) in [5.74, 6) is 1.17. The molecule has 0 atom stereocenters. The van der Waals surface area contributed by atoms with Crippen LogP contribution in [0.4, 0.5) is 25.1 Å². The van der Waals surface area contributed by atoms with E-state index in [1.165, 1.54) is 0 Å². The molecule has 0 spiro atoms. The molecule has 0 radical (unpaired) electrons. The Morgan fingerprint density at radius 3 is 2.61 bits per heavy atom. The van der Waals surface area contributed by atoms with Crippen LogP contribution in [0.2, 0.25) is 0 Å². The van der Waals surface area contributed by atoms with Crippen molar-refractivity contribution in [1.82, 2.24) is 15.0 Å². The average molecular weight is 279 g/mol. The van der Waals surface area contributed by atoms with Crippen molar-refractivity contribution in [3.63, 3.8) is 0 Å². The number of nitrogen functional groups attached to an aromatic ring is 1. The zero-order valence-corrected chi connectivity index (χ0v) is 10.2. The standard InChI is InChI=1S/C9H12F3N5S/c10-9(11,12)18-4-3-14-8-16-6(5-1-2-5)15-7(13)17-8/h5H,1-4H2,(H3,13,14,15,16,17). The van der Waals surface area contributed by atoms with Gasteiger partial charge in [-0.25, -0.2) is 0 Å². The van der Waals surface area contributed by atoms with E-state index < -0.39 is 5.51 Å². The van der Waals surface area contributed by atoms with Crippen molar-refractivity contribution in [2.24, 2.45) is 0 Å². The summed E-state index contributed by atoms with van der Waals surface area (Å²) in [6.07, 6.45) is 2.04. The quantitative estimate of drug-likeness (QED) is 0.803. The smallest absolute Gasteiger partial charge is 0.368 e. The summed E-state index contributed by atoms with van der Waals surface area (Å²) in [6, 6.07) is 0. The average Bonchev–Trinajstić information content (AvgIpc) is 3.06. The zero-order valence-electron chi connectivity index (χ0n) is 9.37. The van der Waals surface area contributed by atoms with Crippen LogP contribution in [0.3, 0.4) is 0 Å². The van der Waals surface area contributed by atoms with E-state index in [0.29, 0.717) is 11.7 Å². The van der Waals surface area contributed by atoms with E-state index >= 15 is 0 Å². The molecule has 1 aliphatic rings. The zero-order chi connectivity index (χ0) is 13.2. The highest BCUT2D eigenvalue weighted by atomic mass is 32.2. The van der Waals surface area contributed by atoms with Gasteiger partial charge in [0.1, 0.15) is 5.82 Å². The largest absolute Gasteiger partial charge is 0.441 e. The maximum Gasteiger partial charge on any atom is 0.441 e. The molecule has 1 aromatic rings. The molecule has 1 aliphatic carbocycles. The lowest BCUT2D eigenvalue weighted by Crippen LogP contribution is -2.13. The number of hydrogen-bond donors (Lipinski definition) is 2.